The Morgan fingerprint density at radius 3 is 2.64 bits per heavy atom. The number of rotatable bonds is 8. The van der Waals surface area contributed by atoms with E-state index in [0.717, 1.165) is 11.1 Å². The third-order valence-electron chi connectivity index (χ3n) is 3.92. The van der Waals surface area contributed by atoms with Crippen molar-refractivity contribution in [3.8, 4) is 0 Å². The minimum atomic E-state index is -0.474. The number of aliphatic hydroxyl groups is 1. The lowest BCUT2D eigenvalue weighted by molar-refractivity contribution is 0.248. The van der Waals surface area contributed by atoms with Crippen molar-refractivity contribution in [1.29, 1.82) is 5.41 Å². The van der Waals surface area contributed by atoms with Gasteiger partial charge in [0.25, 0.3) is 0 Å². The van der Waals surface area contributed by atoms with Crippen molar-refractivity contribution in [3.05, 3.63) is 33.7 Å². The second kappa shape index (κ2) is 9.72. The largest absolute Gasteiger partial charge is 0.394 e. The van der Waals surface area contributed by atoms with E-state index in [2.05, 4.69) is 21.0 Å². The van der Waals surface area contributed by atoms with Crippen molar-refractivity contribution in [2.24, 2.45) is 0 Å². The Kier molecular flexibility index (Phi) is 7.61. The lowest BCUT2D eigenvalue weighted by Gasteiger charge is -2.26. The molecule has 0 aliphatic heterocycles. The molecule has 2 amide bonds. The number of hydrogen-bond acceptors (Lipinski definition) is 7. The smallest absolute Gasteiger partial charge is 0.338 e. The highest BCUT2D eigenvalue weighted by Crippen LogP contribution is 2.29. The van der Waals surface area contributed by atoms with Crippen molar-refractivity contribution in [2.75, 3.05) is 35.8 Å². The summed E-state index contributed by atoms with van der Waals surface area (Å²) >= 11 is 7.13. The highest BCUT2D eigenvalue weighted by atomic mass is 35.5. The standard InChI is InChI=1S/C18H25ClN6O2S/c1-10(2)12-9-14(22-17(21-4)16(12)11(3)20)25(7-8-26)24-18(27)23-15-6-5-13(19)28-15/h5-6,9-10,20,26H,7-8H2,1-4H3,(H,21,22)(H2,23,24,27). The fourth-order valence-corrected chi connectivity index (χ4v) is 3.63. The zero-order valence-corrected chi connectivity index (χ0v) is 17.8. The summed E-state index contributed by atoms with van der Waals surface area (Å²) in [5, 5.41) is 25.3. The maximum Gasteiger partial charge on any atom is 0.338 e. The topological polar surface area (TPSA) is 113 Å². The lowest BCUT2D eigenvalue weighted by atomic mass is 9.95. The Hall–Kier alpha value is -2.36. The summed E-state index contributed by atoms with van der Waals surface area (Å²) in [6.45, 7) is 5.75. The predicted octanol–water partition coefficient (Wildman–Crippen LogP) is 3.88. The molecule has 0 atom stereocenters. The molecule has 0 spiro atoms. The fraction of sp³-hybridized carbons (Fsp3) is 0.389. The first-order valence-electron chi connectivity index (χ1n) is 8.76. The Balaban J connectivity index is 2.34. The average molecular weight is 425 g/mol. The van der Waals surface area contributed by atoms with Gasteiger partial charge in [0, 0.05) is 18.3 Å². The summed E-state index contributed by atoms with van der Waals surface area (Å²) in [4.78, 5) is 16.9. The van der Waals surface area contributed by atoms with Crippen LogP contribution in [-0.2, 0) is 0 Å². The number of carbonyl (C=O) groups is 1. The summed E-state index contributed by atoms with van der Waals surface area (Å²) in [6, 6.07) is 4.76. The van der Waals surface area contributed by atoms with Crippen molar-refractivity contribution in [3.63, 3.8) is 0 Å². The second-order valence-corrected chi connectivity index (χ2v) is 8.08. The van der Waals surface area contributed by atoms with Gasteiger partial charge in [0.05, 0.1) is 22.5 Å². The van der Waals surface area contributed by atoms with Crippen LogP contribution in [0.2, 0.25) is 4.34 Å². The second-order valence-electron chi connectivity index (χ2n) is 6.37. The molecule has 28 heavy (non-hydrogen) atoms. The van der Waals surface area contributed by atoms with Crippen LogP contribution in [0, 0.1) is 5.41 Å². The van der Waals surface area contributed by atoms with E-state index in [4.69, 9.17) is 17.0 Å². The minimum Gasteiger partial charge on any atom is -0.394 e. The van der Waals surface area contributed by atoms with Crippen molar-refractivity contribution in [1.82, 2.24) is 10.4 Å². The van der Waals surface area contributed by atoms with E-state index in [9.17, 15) is 9.90 Å². The van der Waals surface area contributed by atoms with Gasteiger partial charge in [-0.15, -0.1) is 11.3 Å². The van der Waals surface area contributed by atoms with E-state index in [1.54, 1.807) is 26.1 Å². The van der Waals surface area contributed by atoms with Crippen LogP contribution in [0.3, 0.4) is 0 Å². The number of amides is 2. The zero-order valence-electron chi connectivity index (χ0n) is 16.3. The van der Waals surface area contributed by atoms with Gasteiger partial charge in [0.1, 0.15) is 11.6 Å². The van der Waals surface area contributed by atoms with Gasteiger partial charge in [-0.3, -0.25) is 10.3 Å². The number of nitrogens with zero attached hydrogens (tertiary/aromatic N) is 2. The minimum absolute atomic E-state index is 0.141. The molecule has 0 aromatic carbocycles. The van der Waals surface area contributed by atoms with Crippen molar-refractivity contribution < 1.29 is 9.90 Å². The number of hydrogen-bond donors (Lipinski definition) is 5. The van der Waals surface area contributed by atoms with E-state index >= 15 is 0 Å². The molecule has 0 aliphatic rings. The third-order valence-corrected chi connectivity index (χ3v) is 5.06. The molecular weight excluding hydrogens is 400 g/mol. The van der Waals surface area contributed by atoms with Gasteiger partial charge in [-0.2, -0.15) is 0 Å². The van der Waals surface area contributed by atoms with E-state index in [0.29, 0.717) is 26.7 Å². The molecule has 2 rings (SSSR count). The molecule has 0 bridgehead atoms. The molecule has 0 radical (unpaired) electrons. The maximum absolute atomic E-state index is 12.4. The van der Waals surface area contributed by atoms with Gasteiger partial charge < -0.3 is 15.8 Å². The number of anilines is 3. The van der Waals surface area contributed by atoms with Crippen LogP contribution >= 0.6 is 22.9 Å². The van der Waals surface area contributed by atoms with E-state index in [-0.39, 0.29) is 19.1 Å². The molecule has 0 saturated carbocycles. The Bertz CT molecular complexity index is 855. The molecule has 10 heteroatoms. The maximum atomic E-state index is 12.4. The molecule has 0 unspecified atom stereocenters. The summed E-state index contributed by atoms with van der Waals surface area (Å²) in [5.74, 6) is 1.15. The first kappa shape index (κ1) is 21.9. The summed E-state index contributed by atoms with van der Waals surface area (Å²) < 4.78 is 0.571. The SMILES string of the molecule is CNc1nc(N(CCO)NC(=O)Nc2ccc(Cl)s2)cc(C(C)C)c1C(C)=N. The number of carbonyl (C=O) groups excluding carboxylic acids is 1. The van der Waals surface area contributed by atoms with E-state index < -0.39 is 6.03 Å². The molecule has 0 fully saturated rings. The van der Waals surface area contributed by atoms with Gasteiger partial charge in [-0.25, -0.2) is 15.2 Å². The fourth-order valence-electron chi connectivity index (χ4n) is 2.69. The molecule has 2 heterocycles. The van der Waals surface area contributed by atoms with Crippen LogP contribution < -0.4 is 21.1 Å². The summed E-state index contributed by atoms with van der Waals surface area (Å²) in [6.07, 6.45) is 0. The first-order valence-corrected chi connectivity index (χ1v) is 9.95. The van der Waals surface area contributed by atoms with Crippen LogP contribution in [0.5, 0.6) is 0 Å². The third kappa shape index (κ3) is 5.34. The molecule has 8 nitrogen and oxygen atoms in total. The first-order chi connectivity index (χ1) is 13.3. The quantitative estimate of drug-likeness (QED) is 0.326. The number of nitrogens with one attached hydrogen (secondary N) is 4. The van der Waals surface area contributed by atoms with Gasteiger partial charge in [-0.05, 0) is 36.6 Å². The van der Waals surface area contributed by atoms with Crippen molar-refractivity contribution >= 4 is 51.3 Å². The summed E-state index contributed by atoms with van der Waals surface area (Å²) in [7, 11) is 1.74. The molecule has 2 aromatic heterocycles. The number of pyridine rings is 1. The Labute approximate surface area is 173 Å². The summed E-state index contributed by atoms with van der Waals surface area (Å²) in [5.41, 5.74) is 4.77. The number of aliphatic hydroxyl groups excluding tert-OH is 1. The van der Waals surface area contributed by atoms with Gasteiger partial charge >= 0.3 is 6.03 Å². The average Bonchev–Trinajstić information content (AvgIpc) is 3.04. The highest BCUT2D eigenvalue weighted by molar-refractivity contribution is 7.20. The number of urea groups is 1. The molecule has 5 N–H and O–H groups in total. The molecule has 0 aliphatic carbocycles. The number of hydrazine groups is 1. The monoisotopic (exact) mass is 424 g/mol. The highest BCUT2D eigenvalue weighted by Gasteiger charge is 2.20. The van der Waals surface area contributed by atoms with Crippen LogP contribution in [0.1, 0.15) is 37.8 Å². The van der Waals surface area contributed by atoms with Gasteiger partial charge in [0.2, 0.25) is 0 Å². The van der Waals surface area contributed by atoms with Gasteiger partial charge in [-0.1, -0.05) is 25.4 Å². The predicted molar refractivity (Wildman–Crippen MR) is 116 cm³/mol. The number of aromatic nitrogens is 1. The van der Waals surface area contributed by atoms with Crippen LogP contribution in [0.4, 0.5) is 21.4 Å². The van der Waals surface area contributed by atoms with Crippen molar-refractivity contribution in [2.45, 2.75) is 26.7 Å². The van der Waals surface area contributed by atoms with Crippen LogP contribution in [0.15, 0.2) is 18.2 Å². The molecular formula is C18H25ClN6O2S. The molecule has 2 aromatic rings. The lowest BCUT2D eigenvalue weighted by Crippen LogP contribution is -2.46. The number of thiophene rings is 1. The van der Waals surface area contributed by atoms with Gasteiger partial charge in [0.15, 0.2) is 0 Å². The normalized spacial score (nSPS) is 10.7. The Morgan fingerprint density at radius 1 is 1.43 bits per heavy atom. The Morgan fingerprint density at radius 2 is 2.14 bits per heavy atom. The van der Waals surface area contributed by atoms with Crippen LogP contribution in [0.25, 0.3) is 0 Å². The van der Waals surface area contributed by atoms with Crippen LogP contribution in [-0.4, -0.2) is 42.0 Å². The number of halogens is 1. The van der Waals surface area contributed by atoms with E-state index in [1.807, 2.05) is 19.9 Å². The zero-order chi connectivity index (χ0) is 20.8. The molecule has 0 saturated heterocycles. The van der Waals surface area contributed by atoms with E-state index in [1.165, 1.54) is 16.3 Å². The molecule has 152 valence electrons.